The van der Waals surface area contributed by atoms with Crippen LogP contribution in [0, 0.1) is 5.82 Å². The molecule has 1 unspecified atom stereocenters. The summed E-state index contributed by atoms with van der Waals surface area (Å²) in [6.45, 7) is 0. The molecule has 0 radical (unpaired) electrons. The third-order valence-electron chi connectivity index (χ3n) is 3.50. The Balaban J connectivity index is 2.02. The highest BCUT2D eigenvalue weighted by molar-refractivity contribution is 7.98. The topological polar surface area (TPSA) is 34.9 Å². The number of halogens is 1. The molecule has 3 rings (SSSR count). The molecule has 3 aromatic rings. The Morgan fingerprint density at radius 3 is 2.52 bits per heavy atom. The normalized spacial score (nSPS) is 12.3. The summed E-state index contributed by atoms with van der Waals surface area (Å²) in [5.41, 5.74) is 1.61. The van der Waals surface area contributed by atoms with E-state index in [4.69, 9.17) is 0 Å². The zero-order valence-corrected chi connectivity index (χ0v) is 14.3. The lowest BCUT2D eigenvalue weighted by Crippen LogP contribution is -1.98. The lowest BCUT2D eigenvalue weighted by molar-refractivity contribution is 0.601. The van der Waals surface area contributed by atoms with Gasteiger partial charge < -0.3 is 0 Å². The van der Waals surface area contributed by atoms with Crippen LogP contribution in [-0.2, 0) is 10.8 Å². The van der Waals surface area contributed by atoms with Crippen molar-refractivity contribution in [1.82, 2.24) is 9.55 Å². The number of benzene rings is 2. The molecular formula is C17H15FN2OS2. The molecular weight excluding hydrogens is 331 g/mol. The molecule has 2 aromatic carbocycles. The molecule has 0 saturated carbocycles. The number of rotatable bonds is 4. The number of aromatic nitrogens is 2. The van der Waals surface area contributed by atoms with E-state index in [-0.39, 0.29) is 5.82 Å². The molecule has 118 valence electrons. The van der Waals surface area contributed by atoms with E-state index in [2.05, 4.69) is 4.98 Å². The quantitative estimate of drug-likeness (QED) is 0.666. The minimum atomic E-state index is -1.01. The van der Waals surface area contributed by atoms with Crippen LogP contribution >= 0.6 is 11.8 Å². The third-order valence-corrected chi connectivity index (χ3v) is 5.21. The lowest BCUT2D eigenvalue weighted by atomic mass is 10.2. The fourth-order valence-electron chi connectivity index (χ4n) is 2.33. The van der Waals surface area contributed by atoms with Crippen molar-refractivity contribution >= 4 is 22.6 Å². The molecule has 0 aliphatic rings. The van der Waals surface area contributed by atoms with Crippen molar-refractivity contribution in [3.05, 3.63) is 60.7 Å². The zero-order chi connectivity index (χ0) is 16.4. The van der Waals surface area contributed by atoms with Gasteiger partial charge in [0, 0.05) is 44.8 Å². The van der Waals surface area contributed by atoms with Crippen LogP contribution in [0.5, 0.6) is 0 Å². The molecule has 0 saturated heterocycles. The Morgan fingerprint density at radius 2 is 1.91 bits per heavy atom. The molecule has 0 aliphatic carbocycles. The highest BCUT2D eigenvalue weighted by Crippen LogP contribution is 2.26. The van der Waals surface area contributed by atoms with E-state index >= 15 is 0 Å². The number of nitrogens with zero attached hydrogens (tertiary/aromatic N) is 2. The van der Waals surface area contributed by atoms with Crippen LogP contribution in [0.3, 0.4) is 0 Å². The van der Waals surface area contributed by atoms with Gasteiger partial charge in [-0.25, -0.2) is 9.37 Å². The van der Waals surface area contributed by atoms with Crippen LogP contribution in [0.2, 0.25) is 0 Å². The SMILES string of the molecule is CSc1ccc(-n2ccnc2-c2ccc(S(C)=O)cc2)cc1F. The summed E-state index contributed by atoms with van der Waals surface area (Å²) in [7, 11) is -1.01. The third kappa shape index (κ3) is 3.23. The highest BCUT2D eigenvalue weighted by atomic mass is 32.2. The van der Waals surface area contributed by atoms with Crippen LogP contribution in [0.15, 0.2) is 64.6 Å². The second-order valence-corrected chi connectivity index (χ2v) is 7.15. The first-order chi connectivity index (χ1) is 11.1. The zero-order valence-electron chi connectivity index (χ0n) is 12.7. The molecule has 23 heavy (non-hydrogen) atoms. The molecule has 3 nitrogen and oxygen atoms in total. The van der Waals surface area contributed by atoms with Crippen molar-refractivity contribution in [2.75, 3.05) is 12.5 Å². The molecule has 0 fully saturated rings. The largest absolute Gasteiger partial charge is 0.300 e. The average Bonchev–Trinajstić information content (AvgIpc) is 3.04. The number of hydrogen-bond acceptors (Lipinski definition) is 3. The van der Waals surface area contributed by atoms with Crippen LogP contribution < -0.4 is 0 Å². The number of thioether (sulfide) groups is 1. The van der Waals surface area contributed by atoms with Gasteiger partial charge in [-0.1, -0.05) is 12.1 Å². The second-order valence-electron chi connectivity index (χ2n) is 4.92. The minimum Gasteiger partial charge on any atom is -0.300 e. The van der Waals surface area contributed by atoms with E-state index in [1.54, 1.807) is 24.7 Å². The molecule has 0 bridgehead atoms. The Labute approximate surface area is 141 Å². The first kappa shape index (κ1) is 16.0. The molecule has 0 amide bonds. The summed E-state index contributed by atoms with van der Waals surface area (Å²) in [6, 6.07) is 12.5. The van der Waals surface area contributed by atoms with Gasteiger partial charge in [0.1, 0.15) is 11.6 Å². The molecule has 1 aromatic heterocycles. The summed E-state index contributed by atoms with van der Waals surface area (Å²) in [5, 5.41) is 0. The van der Waals surface area contributed by atoms with Gasteiger partial charge >= 0.3 is 0 Å². The standard InChI is InChI=1S/C17H15FN2OS2/c1-22-16-8-5-13(11-15(16)18)20-10-9-19-17(20)12-3-6-14(7-4-12)23(2)21/h3-11H,1-2H3. The van der Waals surface area contributed by atoms with Crippen molar-refractivity contribution in [3.63, 3.8) is 0 Å². The van der Waals surface area contributed by atoms with Crippen molar-refractivity contribution in [3.8, 4) is 17.1 Å². The summed E-state index contributed by atoms with van der Waals surface area (Å²) >= 11 is 1.38. The maximum atomic E-state index is 14.0. The van der Waals surface area contributed by atoms with E-state index in [1.165, 1.54) is 17.8 Å². The molecule has 6 heteroatoms. The van der Waals surface area contributed by atoms with Crippen LogP contribution in [0.4, 0.5) is 4.39 Å². The Kier molecular flexibility index (Phi) is 4.63. The van der Waals surface area contributed by atoms with Crippen molar-refractivity contribution in [2.24, 2.45) is 0 Å². The van der Waals surface area contributed by atoms with E-state index in [9.17, 15) is 8.60 Å². The first-order valence-corrected chi connectivity index (χ1v) is 9.69. The minimum absolute atomic E-state index is 0.244. The fraction of sp³-hybridized carbons (Fsp3) is 0.118. The van der Waals surface area contributed by atoms with Gasteiger partial charge in [-0.3, -0.25) is 8.78 Å². The van der Waals surface area contributed by atoms with Crippen LogP contribution in [0.1, 0.15) is 0 Å². The van der Waals surface area contributed by atoms with Gasteiger partial charge in [-0.05, 0) is 36.6 Å². The van der Waals surface area contributed by atoms with Crippen molar-refractivity contribution in [1.29, 1.82) is 0 Å². The van der Waals surface area contributed by atoms with E-state index in [0.717, 1.165) is 22.0 Å². The van der Waals surface area contributed by atoms with Gasteiger partial charge in [-0.15, -0.1) is 11.8 Å². The molecule has 0 spiro atoms. The summed E-state index contributed by atoms with van der Waals surface area (Å²) in [6.07, 6.45) is 6.97. The predicted octanol–water partition coefficient (Wildman–Crippen LogP) is 4.14. The number of imidazole rings is 1. The smallest absolute Gasteiger partial charge is 0.144 e. The lowest BCUT2D eigenvalue weighted by Gasteiger charge is -2.10. The second kappa shape index (κ2) is 6.68. The highest BCUT2D eigenvalue weighted by Gasteiger charge is 2.10. The van der Waals surface area contributed by atoms with E-state index in [0.29, 0.717) is 4.90 Å². The maximum absolute atomic E-state index is 14.0. The summed E-state index contributed by atoms with van der Waals surface area (Å²) < 4.78 is 27.3. The Morgan fingerprint density at radius 1 is 1.17 bits per heavy atom. The molecule has 0 aliphatic heterocycles. The first-order valence-electron chi connectivity index (χ1n) is 6.91. The van der Waals surface area contributed by atoms with Gasteiger partial charge in [0.05, 0.1) is 5.69 Å². The van der Waals surface area contributed by atoms with Gasteiger partial charge in [-0.2, -0.15) is 0 Å². The predicted molar refractivity (Wildman–Crippen MR) is 93.1 cm³/mol. The van der Waals surface area contributed by atoms with Crippen LogP contribution in [0.25, 0.3) is 17.1 Å². The van der Waals surface area contributed by atoms with E-state index in [1.807, 2.05) is 41.2 Å². The summed E-state index contributed by atoms with van der Waals surface area (Å²) in [5.74, 6) is 0.473. The molecule has 0 N–H and O–H groups in total. The van der Waals surface area contributed by atoms with Gasteiger partial charge in [0.25, 0.3) is 0 Å². The Bertz CT molecular complexity index is 859. The average molecular weight is 346 g/mol. The van der Waals surface area contributed by atoms with Gasteiger partial charge in [0.2, 0.25) is 0 Å². The van der Waals surface area contributed by atoms with Crippen LogP contribution in [-0.4, -0.2) is 26.3 Å². The molecule has 1 atom stereocenters. The van der Waals surface area contributed by atoms with Crippen molar-refractivity contribution in [2.45, 2.75) is 9.79 Å². The summed E-state index contributed by atoms with van der Waals surface area (Å²) in [4.78, 5) is 5.75. The van der Waals surface area contributed by atoms with E-state index < -0.39 is 10.8 Å². The number of hydrogen-bond donors (Lipinski definition) is 0. The maximum Gasteiger partial charge on any atom is 0.144 e. The fourth-order valence-corrected chi connectivity index (χ4v) is 3.30. The van der Waals surface area contributed by atoms with Crippen molar-refractivity contribution < 1.29 is 8.60 Å². The molecule has 1 heterocycles. The van der Waals surface area contributed by atoms with Gasteiger partial charge in [0.15, 0.2) is 0 Å². The monoisotopic (exact) mass is 346 g/mol. The Hall–Kier alpha value is -1.92.